The van der Waals surface area contributed by atoms with Gasteiger partial charge in [0.25, 0.3) is 0 Å². The Bertz CT molecular complexity index is 588. The molecule has 2 rings (SSSR count). The number of halogens is 3. The highest BCUT2D eigenvalue weighted by Gasteiger charge is 2.14. The average Bonchev–Trinajstić information content (AvgIpc) is 2.37. The molecule has 6 heteroatoms. The van der Waals surface area contributed by atoms with Crippen molar-refractivity contribution in [1.82, 2.24) is 4.98 Å². The molecule has 98 valence electrons. The SMILES string of the molecule is O=C(c1cc(F)cc(OC(F)F)c1)c1ccccn1. The Morgan fingerprint density at radius 1 is 1.21 bits per heavy atom. The predicted molar refractivity (Wildman–Crippen MR) is 60.7 cm³/mol. The molecule has 0 amide bonds. The van der Waals surface area contributed by atoms with Crippen molar-refractivity contribution in [3.05, 3.63) is 59.7 Å². The summed E-state index contributed by atoms with van der Waals surface area (Å²) in [6.45, 7) is -3.08. The Labute approximate surface area is 106 Å². The van der Waals surface area contributed by atoms with Crippen LogP contribution in [0, 0.1) is 5.82 Å². The van der Waals surface area contributed by atoms with Crippen LogP contribution in [0.2, 0.25) is 0 Å². The topological polar surface area (TPSA) is 39.2 Å². The molecule has 0 saturated heterocycles. The molecule has 0 radical (unpaired) electrons. The van der Waals surface area contributed by atoms with Gasteiger partial charge in [-0.25, -0.2) is 4.39 Å². The Hall–Kier alpha value is -2.37. The van der Waals surface area contributed by atoms with Crippen molar-refractivity contribution in [2.45, 2.75) is 6.61 Å². The molecule has 0 N–H and O–H groups in total. The third-order valence-corrected chi connectivity index (χ3v) is 2.26. The van der Waals surface area contributed by atoms with Crippen molar-refractivity contribution >= 4 is 5.78 Å². The molecule has 1 aromatic carbocycles. The smallest absolute Gasteiger partial charge is 0.387 e. The number of ketones is 1. The van der Waals surface area contributed by atoms with Crippen molar-refractivity contribution in [2.75, 3.05) is 0 Å². The van der Waals surface area contributed by atoms with Crippen LogP contribution in [-0.2, 0) is 0 Å². The number of ether oxygens (including phenoxy) is 1. The lowest BCUT2D eigenvalue weighted by molar-refractivity contribution is -0.0500. The zero-order chi connectivity index (χ0) is 13.8. The van der Waals surface area contributed by atoms with Crippen molar-refractivity contribution in [3.8, 4) is 5.75 Å². The second-order valence-corrected chi connectivity index (χ2v) is 3.60. The summed E-state index contributed by atoms with van der Waals surface area (Å²) in [4.78, 5) is 15.8. The molecule has 3 nitrogen and oxygen atoms in total. The predicted octanol–water partition coefficient (Wildman–Crippen LogP) is 3.05. The van der Waals surface area contributed by atoms with Gasteiger partial charge >= 0.3 is 6.61 Å². The second kappa shape index (κ2) is 5.51. The number of hydrogen-bond donors (Lipinski definition) is 0. The minimum atomic E-state index is -3.08. The summed E-state index contributed by atoms with van der Waals surface area (Å²) < 4.78 is 41.5. The van der Waals surface area contributed by atoms with Gasteiger partial charge in [0.05, 0.1) is 0 Å². The molecule has 0 bridgehead atoms. The molecule has 2 aromatic rings. The monoisotopic (exact) mass is 267 g/mol. The lowest BCUT2D eigenvalue weighted by Gasteiger charge is -2.06. The lowest BCUT2D eigenvalue weighted by Crippen LogP contribution is -2.07. The van der Waals surface area contributed by atoms with Crippen molar-refractivity contribution < 1.29 is 22.7 Å². The number of carbonyl (C=O) groups excluding carboxylic acids is 1. The minimum Gasteiger partial charge on any atom is -0.435 e. The standard InChI is InChI=1S/C13H8F3NO2/c14-9-5-8(6-10(7-9)19-13(15)16)12(18)11-3-1-2-4-17-11/h1-7,13H. The molecular weight excluding hydrogens is 259 g/mol. The summed E-state index contributed by atoms with van der Waals surface area (Å²) in [6.07, 6.45) is 1.41. The van der Waals surface area contributed by atoms with E-state index in [1.165, 1.54) is 12.3 Å². The quantitative estimate of drug-likeness (QED) is 0.799. The Kier molecular flexibility index (Phi) is 3.79. The third-order valence-electron chi connectivity index (χ3n) is 2.26. The van der Waals surface area contributed by atoms with Gasteiger partial charge in [0.15, 0.2) is 0 Å². The Morgan fingerprint density at radius 2 is 2.00 bits per heavy atom. The molecule has 0 atom stereocenters. The first-order valence-electron chi connectivity index (χ1n) is 5.27. The Balaban J connectivity index is 2.34. The maximum Gasteiger partial charge on any atom is 0.387 e. The van der Waals surface area contributed by atoms with E-state index in [9.17, 15) is 18.0 Å². The molecule has 0 aliphatic heterocycles. The molecular formula is C13H8F3NO2. The van der Waals surface area contributed by atoms with Crippen LogP contribution in [-0.4, -0.2) is 17.4 Å². The molecule has 0 aliphatic rings. The fourth-order valence-corrected chi connectivity index (χ4v) is 1.51. The van der Waals surface area contributed by atoms with Gasteiger partial charge in [0, 0.05) is 17.8 Å². The van der Waals surface area contributed by atoms with E-state index >= 15 is 0 Å². The van der Waals surface area contributed by atoms with Crippen LogP contribution in [0.3, 0.4) is 0 Å². The number of benzene rings is 1. The zero-order valence-corrected chi connectivity index (χ0v) is 9.52. The fraction of sp³-hybridized carbons (Fsp3) is 0.0769. The van der Waals surface area contributed by atoms with Crippen LogP contribution in [0.4, 0.5) is 13.2 Å². The van der Waals surface area contributed by atoms with E-state index in [2.05, 4.69) is 9.72 Å². The number of carbonyl (C=O) groups is 1. The zero-order valence-electron chi connectivity index (χ0n) is 9.52. The van der Waals surface area contributed by atoms with Crippen LogP contribution < -0.4 is 4.74 Å². The molecule has 0 aliphatic carbocycles. The maximum atomic E-state index is 13.3. The van der Waals surface area contributed by atoms with Crippen LogP contribution in [0.5, 0.6) is 5.75 Å². The van der Waals surface area contributed by atoms with E-state index in [0.717, 1.165) is 18.2 Å². The molecule has 0 saturated carbocycles. The van der Waals surface area contributed by atoms with E-state index in [4.69, 9.17) is 0 Å². The van der Waals surface area contributed by atoms with Gasteiger partial charge in [-0.2, -0.15) is 8.78 Å². The van der Waals surface area contributed by atoms with Gasteiger partial charge in [-0.3, -0.25) is 9.78 Å². The highest BCUT2D eigenvalue weighted by Crippen LogP contribution is 2.20. The second-order valence-electron chi connectivity index (χ2n) is 3.60. The minimum absolute atomic E-state index is 0.0936. The van der Waals surface area contributed by atoms with E-state index in [-0.39, 0.29) is 11.3 Å². The molecule has 0 spiro atoms. The first-order valence-corrected chi connectivity index (χ1v) is 5.27. The summed E-state index contributed by atoms with van der Waals surface area (Å²) in [5.41, 5.74) is -0.00885. The maximum absolute atomic E-state index is 13.3. The largest absolute Gasteiger partial charge is 0.435 e. The number of pyridine rings is 1. The summed E-state index contributed by atoms with van der Waals surface area (Å²) in [5.74, 6) is -1.81. The van der Waals surface area contributed by atoms with Gasteiger partial charge in [-0.05, 0) is 24.3 Å². The summed E-state index contributed by atoms with van der Waals surface area (Å²) in [6, 6.07) is 7.42. The third kappa shape index (κ3) is 3.31. The van der Waals surface area contributed by atoms with E-state index in [1.54, 1.807) is 12.1 Å². The van der Waals surface area contributed by atoms with Gasteiger partial charge < -0.3 is 4.74 Å². The summed E-state index contributed by atoms with van der Waals surface area (Å²) in [5, 5.41) is 0. The molecule has 1 aromatic heterocycles. The molecule has 0 unspecified atom stereocenters. The fourth-order valence-electron chi connectivity index (χ4n) is 1.51. The number of nitrogens with zero attached hydrogens (tertiary/aromatic N) is 1. The first kappa shape index (κ1) is 13.1. The number of hydrogen-bond acceptors (Lipinski definition) is 3. The van der Waals surface area contributed by atoms with Gasteiger partial charge in [0.2, 0.25) is 5.78 Å². The van der Waals surface area contributed by atoms with E-state index in [0.29, 0.717) is 0 Å². The van der Waals surface area contributed by atoms with Crippen LogP contribution in [0.25, 0.3) is 0 Å². The summed E-state index contributed by atoms with van der Waals surface area (Å²) >= 11 is 0. The van der Waals surface area contributed by atoms with E-state index < -0.39 is 24.0 Å². The summed E-state index contributed by atoms with van der Waals surface area (Å²) in [7, 11) is 0. The van der Waals surface area contributed by atoms with Crippen molar-refractivity contribution in [3.63, 3.8) is 0 Å². The first-order chi connectivity index (χ1) is 9.06. The van der Waals surface area contributed by atoms with E-state index in [1.807, 2.05) is 0 Å². The van der Waals surface area contributed by atoms with Crippen molar-refractivity contribution in [2.24, 2.45) is 0 Å². The lowest BCUT2D eigenvalue weighted by atomic mass is 10.1. The van der Waals surface area contributed by atoms with Crippen LogP contribution in [0.15, 0.2) is 42.6 Å². The Morgan fingerprint density at radius 3 is 2.63 bits per heavy atom. The number of rotatable bonds is 4. The highest BCUT2D eigenvalue weighted by atomic mass is 19.3. The number of alkyl halides is 2. The van der Waals surface area contributed by atoms with Gasteiger partial charge in [-0.1, -0.05) is 6.07 Å². The number of aromatic nitrogens is 1. The van der Waals surface area contributed by atoms with Gasteiger partial charge in [-0.15, -0.1) is 0 Å². The van der Waals surface area contributed by atoms with Crippen molar-refractivity contribution in [1.29, 1.82) is 0 Å². The van der Waals surface area contributed by atoms with Gasteiger partial charge in [0.1, 0.15) is 17.3 Å². The molecule has 0 fully saturated rings. The van der Waals surface area contributed by atoms with Crippen LogP contribution >= 0.6 is 0 Å². The van der Waals surface area contributed by atoms with Crippen LogP contribution in [0.1, 0.15) is 16.1 Å². The highest BCUT2D eigenvalue weighted by molar-refractivity contribution is 6.07. The normalized spacial score (nSPS) is 10.5. The average molecular weight is 267 g/mol. The molecule has 1 heterocycles. The molecule has 19 heavy (non-hydrogen) atoms.